The molecule has 9 heteroatoms. The van der Waals surface area contributed by atoms with Gasteiger partial charge in [0.1, 0.15) is 23.7 Å². The second-order valence-corrected chi connectivity index (χ2v) is 12.4. The van der Waals surface area contributed by atoms with Crippen LogP contribution in [0.25, 0.3) is 0 Å². The van der Waals surface area contributed by atoms with Crippen molar-refractivity contribution in [1.82, 2.24) is 15.2 Å². The minimum Gasteiger partial charge on any atom is -0.489 e. The zero-order valence-electron chi connectivity index (χ0n) is 22.4. The average Bonchev–Trinajstić information content (AvgIpc) is 2.88. The number of nitriles is 1. The summed E-state index contributed by atoms with van der Waals surface area (Å²) in [5.74, 6) is 1.34. The summed E-state index contributed by atoms with van der Waals surface area (Å²) >= 11 is 6.20. The molecule has 2 saturated carbocycles. The van der Waals surface area contributed by atoms with E-state index in [-0.39, 0.29) is 35.0 Å². The normalized spacial score (nSPS) is 28.0. The van der Waals surface area contributed by atoms with E-state index in [0.717, 1.165) is 44.8 Å². The molecule has 2 heterocycles. The van der Waals surface area contributed by atoms with Crippen LogP contribution in [0.15, 0.2) is 36.5 Å². The van der Waals surface area contributed by atoms with E-state index >= 15 is 0 Å². The molecule has 0 bridgehead atoms. The fourth-order valence-corrected chi connectivity index (χ4v) is 6.90. The highest BCUT2D eigenvalue weighted by molar-refractivity contribution is 6.31. The Morgan fingerprint density at radius 1 is 1.13 bits per heavy atom. The molecular formula is C29H36ClN5O3. The number of nitrogens with one attached hydrogen (secondary N) is 1. The number of piperazine rings is 1. The third-order valence-corrected chi connectivity index (χ3v) is 9.00. The average molecular weight is 538 g/mol. The predicted molar refractivity (Wildman–Crippen MR) is 146 cm³/mol. The zero-order valence-corrected chi connectivity index (χ0v) is 23.2. The Morgan fingerprint density at radius 3 is 2.37 bits per heavy atom. The number of rotatable bonds is 6. The topological polar surface area (TPSA) is 102 Å². The molecule has 0 radical (unpaired) electrons. The van der Waals surface area contributed by atoms with Gasteiger partial charge in [-0.2, -0.15) is 5.26 Å². The van der Waals surface area contributed by atoms with Crippen LogP contribution in [0.3, 0.4) is 0 Å². The van der Waals surface area contributed by atoms with E-state index in [1.165, 1.54) is 0 Å². The Bertz CT molecular complexity index is 1210. The number of hydrogen-bond donors (Lipinski definition) is 2. The number of carbonyl (C=O) groups is 1. The highest BCUT2D eigenvalue weighted by atomic mass is 35.5. The van der Waals surface area contributed by atoms with Gasteiger partial charge in [-0.05, 0) is 37.1 Å². The van der Waals surface area contributed by atoms with Gasteiger partial charge < -0.3 is 20.1 Å². The monoisotopic (exact) mass is 537 g/mol. The molecule has 1 amide bonds. The lowest BCUT2D eigenvalue weighted by Crippen LogP contribution is -2.74. The fourth-order valence-electron chi connectivity index (χ4n) is 6.69. The summed E-state index contributed by atoms with van der Waals surface area (Å²) in [7, 11) is 0. The second-order valence-electron chi connectivity index (χ2n) is 12.0. The van der Waals surface area contributed by atoms with Crippen LogP contribution >= 0.6 is 11.6 Å². The molecule has 1 aliphatic heterocycles. The molecule has 2 aliphatic carbocycles. The summed E-state index contributed by atoms with van der Waals surface area (Å²) in [6.45, 7) is 12.1. The lowest BCUT2D eigenvalue weighted by Gasteiger charge is -2.63. The summed E-state index contributed by atoms with van der Waals surface area (Å²) in [5.41, 5.74) is 0.282. The molecule has 5 rings (SSSR count). The molecule has 38 heavy (non-hydrogen) atoms. The maximum atomic E-state index is 13.2. The Labute approximate surface area is 229 Å². The molecular weight excluding hydrogens is 502 g/mol. The van der Waals surface area contributed by atoms with Crippen molar-refractivity contribution in [3.05, 3.63) is 52.7 Å². The highest BCUT2D eigenvalue weighted by Gasteiger charge is 2.64. The van der Waals surface area contributed by atoms with E-state index in [1.807, 2.05) is 12.1 Å². The van der Waals surface area contributed by atoms with Crippen LogP contribution in [-0.4, -0.2) is 71.4 Å². The number of anilines is 1. The molecule has 0 atom stereocenters. The van der Waals surface area contributed by atoms with Crippen molar-refractivity contribution in [2.75, 3.05) is 31.1 Å². The number of amides is 1. The number of hydrogen-bond acceptors (Lipinski definition) is 7. The molecule has 0 spiro atoms. The SMILES string of the molecule is CC1(C)C(NC(=O)c2ccc(N3CCN(C4CC(O)C4)CC3)nc2)C(C)(C)C1Oc1ccc(C#N)c(Cl)c1. The number of carbonyl (C=O) groups excluding carboxylic acids is 1. The van der Waals surface area contributed by atoms with Gasteiger partial charge in [-0.25, -0.2) is 4.98 Å². The first-order chi connectivity index (χ1) is 18.0. The molecule has 0 unspecified atom stereocenters. The summed E-state index contributed by atoms with van der Waals surface area (Å²) in [5, 5.41) is 22.3. The molecule has 8 nitrogen and oxygen atoms in total. The third kappa shape index (κ3) is 4.84. The Balaban J connectivity index is 1.18. The first-order valence-corrected chi connectivity index (χ1v) is 13.7. The summed E-state index contributed by atoms with van der Waals surface area (Å²) in [6, 6.07) is 11.3. The van der Waals surface area contributed by atoms with Gasteiger partial charge in [0, 0.05) is 61.4 Å². The lowest BCUT2D eigenvalue weighted by atomic mass is 9.49. The number of aliphatic hydroxyl groups is 1. The van der Waals surface area contributed by atoms with Gasteiger partial charge in [0.25, 0.3) is 5.91 Å². The second kappa shape index (κ2) is 10.0. The summed E-state index contributed by atoms with van der Waals surface area (Å²) < 4.78 is 6.32. The van der Waals surface area contributed by atoms with E-state index in [9.17, 15) is 9.90 Å². The van der Waals surface area contributed by atoms with E-state index < -0.39 is 0 Å². The van der Waals surface area contributed by atoms with Crippen LogP contribution in [0, 0.1) is 22.2 Å². The fraction of sp³-hybridized carbons (Fsp3) is 0.552. The van der Waals surface area contributed by atoms with Crippen molar-refractivity contribution >= 4 is 23.3 Å². The van der Waals surface area contributed by atoms with E-state index in [0.29, 0.717) is 27.9 Å². The minimum atomic E-state index is -0.330. The third-order valence-electron chi connectivity index (χ3n) is 8.68. The van der Waals surface area contributed by atoms with Crippen LogP contribution < -0.4 is 15.0 Å². The molecule has 2 aromatic rings. The molecule has 2 N–H and O–H groups in total. The van der Waals surface area contributed by atoms with E-state index in [1.54, 1.807) is 24.4 Å². The van der Waals surface area contributed by atoms with E-state index in [4.69, 9.17) is 21.6 Å². The Hall–Kier alpha value is -2.86. The van der Waals surface area contributed by atoms with Gasteiger partial charge in [0.2, 0.25) is 0 Å². The molecule has 3 fully saturated rings. The van der Waals surface area contributed by atoms with Gasteiger partial charge in [-0.15, -0.1) is 0 Å². The van der Waals surface area contributed by atoms with Crippen LogP contribution in [0.5, 0.6) is 5.75 Å². The number of aromatic nitrogens is 1. The number of benzene rings is 1. The zero-order chi connectivity index (χ0) is 27.2. The summed E-state index contributed by atoms with van der Waals surface area (Å²) in [4.78, 5) is 22.5. The lowest BCUT2D eigenvalue weighted by molar-refractivity contribution is -0.164. The maximum Gasteiger partial charge on any atom is 0.253 e. The Morgan fingerprint density at radius 2 is 1.82 bits per heavy atom. The largest absolute Gasteiger partial charge is 0.489 e. The van der Waals surface area contributed by atoms with Crippen LogP contribution in [0.4, 0.5) is 5.82 Å². The molecule has 3 aliphatic rings. The van der Waals surface area contributed by atoms with Crippen LogP contribution in [0.1, 0.15) is 56.5 Å². The van der Waals surface area contributed by atoms with Crippen molar-refractivity contribution < 1.29 is 14.6 Å². The first-order valence-electron chi connectivity index (χ1n) is 13.3. The standard InChI is InChI=1S/C29H36ClN5O3/c1-28(2)26(29(3,4)27(28)38-22-7-5-18(16-31)23(30)15-22)33-25(37)19-6-8-24(32-17-19)35-11-9-34(10-12-35)20-13-21(36)14-20/h5-8,15,17,20-21,26-27,36H,9-14H2,1-4H3,(H,33,37). The highest BCUT2D eigenvalue weighted by Crippen LogP contribution is 2.55. The summed E-state index contributed by atoms with van der Waals surface area (Å²) in [6.07, 6.45) is 3.13. The number of aliphatic hydroxyl groups excluding tert-OH is 1. The predicted octanol–water partition coefficient (Wildman–Crippen LogP) is 3.86. The number of ether oxygens (including phenoxy) is 1. The van der Waals surface area contributed by atoms with Crippen molar-refractivity contribution in [3.8, 4) is 11.8 Å². The van der Waals surface area contributed by atoms with Gasteiger partial charge in [-0.1, -0.05) is 39.3 Å². The molecule has 1 saturated heterocycles. The number of pyridine rings is 1. The van der Waals surface area contributed by atoms with Gasteiger partial charge in [0.05, 0.1) is 22.3 Å². The maximum absolute atomic E-state index is 13.2. The first kappa shape index (κ1) is 26.7. The number of nitrogens with zero attached hydrogens (tertiary/aromatic N) is 4. The van der Waals surface area contributed by atoms with Crippen LogP contribution in [-0.2, 0) is 0 Å². The quantitative estimate of drug-likeness (QED) is 0.577. The van der Waals surface area contributed by atoms with Crippen molar-refractivity contribution in [2.45, 2.75) is 64.8 Å². The van der Waals surface area contributed by atoms with Crippen LogP contribution in [0.2, 0.25) is 5.02 Å². The van der Waals surface area contributed by atoms with E-state index in [2.05, 4.69) is 53.9 Å². The van der Waals surface area contributed by atoms with Crippen molar-refractivity contribution in [1.29, 1.82) is 5.26 Å². The molecule has 1 aromatic carbocycles. The van der Waals surface area contributed by atoms with Crippen molar-refractivity contribution in [3.63, 3.8) is 0 Å². The van der Waals surface area contributed by atoms with Gasteiger partial charge >= 0.3 is 0 Å². The van der Waals surface area contributed by atoms with Gasteiger partial charge in [0.15, 0.2) is 0 Å². The number of halogens is 1. The van der Waals surface area contributed by atoms with Gasteiger partial charge in [-0.3, -0.25) is 9.69 Å². The van der Waals surface area contributed by atoms with Crippen molar-refractivity contribution in [2.24, 2.45) is 10.8 Å². The molecule has 202 valence electrons. The molecule has 1 aromatic heterocycles. The Kier molecular flexibility index (Phi) is 7.06. The smallest absolute Gasteiger partial charge is 0.253 e. The minimum absolute atomic E-state index is 0.112.